The van der Waals surface area contributed by atoms with Crippen molar-refractivity contribution in [3.63, 3.8) is 0 Å². The van der Waals surface area contributed by atoms with Crippen LogP contribution in [0.25, 0.3) is 0 Å². The van der Waals surface area contributed by atoms with Crippen LogP contribution in [-0.2, 0) is 4.74 Å². The van der Waals surface area contributed by atoms with Crippen molar-refractivity contribution in [1.29, 1.82) is 0 Å². The van der Waals surface area contributed by atoms with Crippen LogP contribution in [-0.4, -0.2) is 12.2 Å². The molecular weight excluding hydrogens is 520 g/mol. The zero-order valence-electron chi connectivity index (χ0n) is 30.2. The lowest BCUT2D eigenvalue weighted by atomic mass is 9.68. The first-order valence-electron chi connectivity index (χ1n) is 20.9. The van der Waals surface area contributed by atoms with Gasteiger partial charge in [0.25, 0.3) is 0 Å². The zero-order chi connectivity index (χ0) is 30.5. The zero-order valence-corrected chi connectivity index (χ0v) is 30.2. The molecular formula is C42H82O. The second-order valence-electron chi connectivity index (χ2n) is 15.6. The second kappa shape index (κ2) is 28.2. The van der Waals surface area contributed by atoms with Crippen LogP contribution >= 0.6 is 0 Å². The fourth-order valence-corrected chi connectivity index (χ4v) is 8.27. The van der Waals surface area contributed by atoms with Gasteiger partial charge in [-0.25, -0.2) is 0 Å². The number of ether oxygens (including phenoxy) is 1. The normalized spacial score (nSPS) is 19.1. The van der Waals surface area contributed by atoms with Crippen molar-refractivity contribution in [3.05, 3.63) is 0 Å². The molecule has 0 aromatic carbocycles. The number of fused-ring (bicyclic) bond motifs is 1. The van der Waals surface area contributed by atoms with Crippen molar-refractivity contribution in [2.24, 2.45) is 5.41 Å². The molecule has 43 heavy (non-hydrogen) atoms. The molecule has 0 radical (unpaired) electrons. The Labute approximate surface area is 273 Å². The minimum Gasteiger partial charge on any atom is -0.370 e. The summed E-state index contributed by atoms with van der Waals surface area (Å²) in [6, 6.07) is 0. The standard InChI is InChI=1S/C42H82O/c1-3-5-7-9-11-13-15-17-19-21-23-25-27-29-31-33-36-42(38-35-40-41(39-42)43-40)37-34-32-30-28-26-24-22-20-18-16-14-12-10-8-6-4-2/h40-41H,3-39H2,1-2H3. The van der Waals surface area contributed by atoms with Crippen molar-refractivity contribution < 1.29 is 4.74 Å². The van der Waals surface area contributed by atoms with Crippen LogP contribution in [0.1, 0.15) is 251 Å². The average Bonchev–Trinajstić information content (AvgIpc) is 3.79. The van der Waals surface area contributed by atoms with Crippen LogP contribution < -0.4 is 0 Å². The molecule has 1 saturated heterocycles. The smallest absolute Gasteiger partial charge is 0.0847 e. The number of hydrogen-bond acceptors (Lipinski definition) is 1. The maximum Gasteiger partial charge on any atom is 0.0847 e. The SMILES string of the molecule is CCCCCCCCCCCCCCCCCCC1(CCCCCCCCCCCCCCCCCC)CCC2OC2C1. The first kappa shape index (κ1) is 39.1. The van der Waals surface area contributed by atoms with Gasteiger partial charge < -0.3 is 4.74 Å². The summed E-state index contributed by atoms with van der Waals surface area (Å²) in [6.07, 6.45) is 55.6. The van der Waals surface area contributed by atoms with Gasteiger partial charge in [0.15, 0.2) is 0 Å². The molecule has 256 valence electrons. The fraction of sp³-hybridized carbons (Fsp3) is 1.00. The Kier molecular flexibility index (Phi) is 25.7. The van der Waals surface area contributed by atoms with Gasteiger partial charge in [0.2, 0.25) is 0 Å². The topological polar surface area (TPSA) is 12.5 Å². The van der Waals surface area contributed by atoms with Crippen LogP contribution in [0, 0.1) is 5.41 Å². The maximum atomic E-state index is 6.00. The number of epoxide rings is 1. The van der Waals surface area contributed by atoms with E-state index in [0.29, 0.717) is 17.6 Å². The molecule has 0 amide bonds. The van der Waals surface area contributed by atoms with Gasteiger partial charge in [0.05, 0.1) is 12.2 Å². The Balaban J connectivity index is 1.37. The molecule has 0 spiro atoms. The van der Waals surface area contributed by atoms with E-state index >= 15 is 0 Å². The highest BCUT2D eigenvalue weighted by atomic mass is 16.6. The van der Waals surface area contributed by atoms with Crippen molar-refractivity contribution in [3.8, 4) is 0 Å². The van der Waals surface area contributed by atoms with Crippen LogP contribution in [0.4, 0.5) is 0 Å². The van der Waals surface area contributed by atoms with Gasteiger partial charge in [-0.05, 0) is 37.5 Å². The fourth-order valence-electron chi connectivity index (χ4n) is 8.27. The molecule has 1 nitrogen and oxygen atoms in total. The van der Waals surface area contributed by atoms with E-state index in [4.69, 9.17) is 4.74 Å². The third-order valence-corrected chi connectivity index (χ3v) is 11.4. The highest BCUT2D eigenvalue weighted by molar-refractivity contribution is 4.98. The van der Waals surface area contributed by atoms with Crippen LogP contribution in [0.5, 0.6) is 0 Å². The quantitative estimate of drug-likeness (QED) is 0.0527. The van der Waals surface area contributed by atoms with Crippen molar-refractivity contribution >= 4 is 0 Å². The summed E-state index contributed by atoms with van der Waals surface area (Å²) < 4.78 is 6.00. The van der Waals surface area contributed by atoms with E-state index in [9.17, 15) is 0 Å². The molecule has 2 aliphatic rings. The van der Waals surface area contributed by atoms with Gasteiger partial charge >= 0.3 is 0 Å². The van der Waals surface area contributed by atoms with E-state index in [1.54, 1.807) is 0 Å². The molecule has 1 heterocycles. The summed E-state index contributed by atoms with van der Waals surface area (Å²) in [5, 5.41) is 0. The minimum atomic E-state index is 0.643. The van der Waals surface area contributed by atoms with Crippen molar-refractivity contribution in [2.45, 2.75) is 264 Å². The van der Waals surface area contributed by atoms with Crippen LogP contribution in [0.15, 0.2) is 0 Å². The molecule has 1 aliphatic heterocycles. The minimum absolute atomic E-state index is 0.643. The number of rotatable bonds is 34. The van der Waals surface area contributed by atoms with E-state index in [2.05, 4.69) is 13.8 Å². The van der Waals surface area contributed by atoms with E-state index < -0.39 is 0 Å². The van der Waals surface area contributed by atoms with Gasteiger partial charge in [-0.1, -0.05) is 219 Å². The molecule has 2 atom stereocenters. The first-order valence-corrected chi connectivity index (χ1v) is 20.9. The summed E-state index contributed by atoms with van der Waals surface area (Å²) in [4.78, 5) is 0. The summed E-state index contributed by atoms with van der Waals surface area (Å²) >= 11 is 0. The molecule has 0 aromatic heterocycles. The molecule has 2 unspecified atom stereocenters. The van der Waals surface area contributed by atoms with Gasteiger partial charge in [-0.15, -0.1) is 0 Å². The molecule has 2 rings (SSSR count). The lowest BCUT2D eigenvalue weighted by molar-refractivity contribution is 0.159. The van der Waals surface area contributed by atoms with Gasteiger partial charge in [0, 0.05) is 0 Å². The first-order chi connectivity index (χ1) is 21.3. The van der Waals surface area contributed by atoms with Crippen molar-refractivity contribution in [1.82, 2.24) is 0 Å². The van der Waals surface area contributed by atoms with Gasteiger partial charge in [0.1, 0.15) is 0 Å². The Morgan fingerprint density at radius 3 is 0.930 bits per heavy atom. The molecule has 0 bridgehead atoms. The predicted molar refractivity (Wildman–Crippen MR) is 193 cm³/mol. The highest BCUT2D eigenvalue weighted by Gasteiger charge is 2.49. The monoisotopic (exact) mass is 603 g/mol. The summed E-state index contributed by atoms with van der Waals surface area (Å²) in [5.74, 6) is 0. The van der Waals surface area contributed by atoms with Crippen LogP contribution in [0.2, 0.25) is 0 Å². The van der Waals surface area contributed by atoms with E-state index in [1.807, 2.05) is 0 Å². The summed E-state index contributed by atoms with van der Waals surface area (Å²) in [5.41, 5.74) is 0.643. The molecule has 1 aliphatic carbocycles. The maximum absolute atomic E-state index is 6.00. The van der Waals surface area contributed by atoms with Crippen molar-refractivity contribution in [2.75, 3.05) is 0 Å². The largest absolute Gasteiger partial charge is 0.370 e. The van der Waals surface area contributed by atoms with Crippen LogP contribution in [0.3, 0.4) is 0 Å². The average molecular weight is 603 g/mol. The lowest BCUT2D eigenvalue weighted by Gasteiger charge is -2.36. The Bertz CT molecular complexity index is 533. The molecule has 1 saturated carbocycles. The predicted octanol–water partition coefficient (Wildman–Crippen LogP) is 15.2. The van der Waals surface area contributed by atoms with Gasteiger partial charge in [-0.3, -0.25) is 0 Å². The van der Waals surface area contributed by atoms with E-state index in [0.717, 1.165) is 0 Å². The number of unbranched alkanes of at least 4 members (excludes halogenated alkanes) is 30. The third kappa shape index (κ3) is 22.2. The van der Waals surface area contributed by atoms with E-state index in [1.165, 1.54) is 238 Å². The highest BCUT2D eigenvalue weighted by Crippen LogP contribution is 2.51. The molecule has 2 fully saturated rings. The summed E-state index contributed by atoms with van der Waals surface area (Å²) in [6.45, 7) is 4.63. The molecule has 1 heteroatoms. The Morgan fingerprint density at radius 2 is 0.651 bits per heavy atom. The Morgan fingerprint density at radius 1 is 0.372 bits per heavy atom. The Hall–Kier alpha value is -0.0400. The third-order valence-electron chi connectivity index (χ3n) is 11.4. The summed E-state index contributed by atoms with van der Waals surface area (Å²) in [7, 11) is 0. The molecule has 0 aromatic rings. The van der Waals surface area contributed by atoms with Gasteiger partial charge in [-0.2, -0.15) is 0 Å². The van der Waals surface area contributed by atoms with E-state index in [-0.39, 0.29) is 0 Å². The second-order valence-corrected chi connectivity index (χ2v) is 15.6. The lowest BCUT2D eigenvalue weighted by Crippen LogP contribution is -2.28. The molecule has 0 N–H and O–H groups in total. The number of hydrogen-bond donors (Lipinski definition) is 0.